The average Bonchev–Trinajstić information content (AvgIpc) is 3.72. The molecular weight excluding hydrogens is 738 g/mol. The van der Waals surface area contributed by atoms with E-state index in [1.807, 2.05) is 67.6 Å². The molecular formula is C39H41BrClN3O5S. The molecule has 0 radical (unpaired) electrons. The molecule has 0 aliphatic carbocycles. The second-order valence-corrected chi connectivity index (χ2v) is 15.9. The number of fused-ring (bicyclic) bond motifs is 1. The number of rotatable bonds is 14. The van der Waals surface area contributed by atoms with Crippen LogP contribution < -0.4 is 14.5 Å². The lowest BCUT2D eigenvalue weighted by molar-refractivity contribution is -0.141. The molecule has 3 amide bonds. The van der Waals surface area contributed by atoms with Gasteiger partial charge in [0.05, 0.1) is 46.5 Å². The molecule has 3 aromatic rings. The Kier molecular flexibility index (Phi) is 11.1. The third-order valence-corrected chi connectivity index (χ3v) is 13.5. The van der Waals surface area contributed by atoms with E-state index in [-0.39, 0.29) is 47.5 Å². The molecule has 2 bridgehead atoms. The Morgan fingerprint density at radius 2 is 1.70 bits per heavy atom. The van der Waals surface area contributed by atoms with Crippen LogP contribution in [0.25, 0.3) is 0 Å². The summed E-state index contributed by atoms with van der Waals surface area (Å²) >= 11 is 12.1. The number of alkyl halides is 1. The van der Waals surface area contributed by atoms with Crippen molar-refractivity contribution >= 4 is 68.4 Å². The summed E-state index contributed by atoms with van der Waals surface area (Å²) in [6.45, 7) is 10.3. The summed E-state index contributed by atoms with van der Waals surface area (Å²) in [5, 5.41) is 11.0. The van der Waals surface area contributed by atoms with Gasteiger partial charge in [-0.05, 0) is 61.7 Å². The van der Waals surface area contributed by atoms with Crippen LogP contribution in [0.3, 0.4) is 0 Å². The van der Waals surface area contributed by atoms with Crippen molar-refractivity contribution in [3.05, 3.63) is 115 Å². The van der Waals surface area contributed by atoms with Gasteiger partial charge < -0.3 is 24.5 Å². The van der Waals surface area contributed by atoms with Gasteiger partial charge in [-0.15, -0.1) is 24.9 Å². The zero-order valence-electron chi connectivity index (χ0n) is 27.9. The van der Waals surface area contributed by atoms with Gasteiger partial charge in [0.25, 0.3) is 5.91 Å². The van der Waals surface area contributed by atoms with Gasteiger partial charge in [-0.3, -0.25) is 14.4 Å². The van der Waals surface area contributed by atoms with E-state index >= 15 is 9.59 Å². The monoisotopic (exact) mass is 777 g/mol. The fraction of sp³-hybridized carbons (Fsp3) is 0.359. The van der Waals surface area contributed by atoms with Crippen LogP contribution in [0.2, 0.25) is 5.02 Å². The first-order valence-electron chi connectivity index (χ1n) is 16.8. The Labute approximate surface area is 311 Å². The van der Waals surface area contributed by atoms with Crippen LogP contribution in [0.1, 0.15) is 18.9 Å². The average molecular weight is 779 g/mol. The summed E-state index contributed by atoms with van der Waals surface area (Å²) in [5.74, 6) is -1.67. The van der Waals surface area contributed by atoms with E-state index in [0.717, 1.165) is 5.56 Å². The highest BCUT2D eigenvalue weighted by atomic mass is 79.9. The van der Waals surface area contributed by atoms with Gasteiger partial charge in [-0.2, -0.15) is 0 Å². The van der Waals surface area contributed by atoms with Crippen LogP contribution in [-0.4, -0.2) is 80.9 Å². The summed E-state index contributed by atoms with van der Waals surface area (Å²) in [5.41, 5.74) is 2.09. The summed E-state index contributed by atoms with van der Waals surface area (Å²) in [4.78, 5) is 49.8. The summed E-state index contributed by atoms with van der Waals surface area (Å²) in [6, 6.07) is 22.3. The smallest absolute Gasteiger partial charge is 0.251 e. The van der Waals surface area contributed by atoms with E-state index in [4.69, 9.17) is 16.3 Å². The minimum atomic E-state index is -0.983. The largest absolute Gasteiger partial charge is 0.494 e. The number of carbonyl (C=O) groups excluding carboxylic acids is 3. The number of halogens is 2. The lowest BCUT2D eigenvalue weighted by Gasteiger charge is -2.40. The van der Waals surface area contributed by atoms with E-state index < -0.39 is 28.7 Å². The maximum absolute atomic E-state index is 15.2. The van der Waals surface area contributed by atoms with E-state index in [9.17, 15) is 9.90 Å². The van der Waals surface area contributed by atoms with Gasteiger partial charge in [0.15, 0.2) is 0 Å². The lowest BCUT2D eigenvalue weighted by Crippen LogP contribution is -2.58. The number of para-hydroxylation sites is 1. The number of aliphatic hydroxyl groups is 1. The number of hydrogen-bond acceptors (Lipinski definition) is 6. The van der Waals surface area contributed by atoms with E-state index in [1.54, 1.807) is 56.8 Å². The maximum atomic E-state index is 15.2. The molecule has 262 valence electrons. The lowest BCUT2D eigenvalue weighted by atomic mass is 9.70. The Hall–Kier alpha value is -3.57. The number of anilines is 2. The van der Waals surface area contributed by atoms with Crippen LogP contribution in [0.15, 0.2) is 104 Å². The molecule has 11 heteroatoms. The molecule has 3 saturated heterocycles. The number of aliphatic hydroxyl groups excluding tert-OH is 1. The fourth-order valence-corrected chi connectivity index (χ4v) is 11.8. The number of likely N-dealkylation sites (tertiary alicyclic amines) is 1. The zero-order valence-corrected chi connectivity index (χ0v) is 31.0. The molecule has 3 fully saturated rings. The molecule has 8 nitrogen and oxygen atoms in total. The first-order chi connectivity index (χ1) is 24.2. The summed E-state index contributed by atoms with van der Waals surface area (Å²) < 4.78 is 4.68. The molecule has 7 atom stereocenters. The van der Waals surface area contributed by atoms with Crippen molar-refractivity contribution in [2.75, 3.05) is 36.1 Å². The number of ether oxygens (including phenoxy) is 1. The third kappa shape index (κ3) is 6.40. The normalized spacial score (nSPS) is 25.6. The van der Waals surface area contributed by atoms with E-state index in [1.165, 1.54) is 0 Å². The Morgan fingerprint density at radius 1 is 1.04 bits per heavy atom. The van der Waals surface area contributed by atoms with Crippen molar-refractivity contribution in [3.63, 3.8) is 0 Å². The molecule has 3 aliphatic rings. The fourth-order valence-electron chi connectivity index (χ4n) is 7.93. The second kappa shape index (κ2) is 15.4. The standard InChI is InChI=1S/C39H41BrClN3O5S/c1-4-20-42(26-16-18-28(19-17-26)49-6-3)36(46)32-33-37(47)44(27(24-45)22-25-12-8-7-9-13-25)35(39(33)23-29(40)34(32)50-39)38(48)43(21-5-2)31-15-11-10-14-30(31)41/h4-5,7-19,27,29,32-35,45H,1-2,6,20-24H2,3H3/t27-,29?,32+,33+,34+,35?,39?/m1/s1. The minimum absolute atomic E-state index is 0.137. The molecule has 0 saturated carbocycles. The highest BCUT2D eigenvalue weighted by Crippen LogP contribution is 2.68. The quantitative estimate of drug-likeness (QED) is 0.148. The van der Waals surface area contributed by atoms with Gasteiger partial charge >= 0.3 is 0 Å². The molecule has 3 aliphatic heterocycles. The van der Waals surface area contributed by atoms with Crippen LogP contribution in [0.5, 0.6) is 5.75 Å². The predicted molar refractivity (Wildman–Crippen MR) is 204 cm³/mol. The second-order valence-electron chi connectivity index (χ2n) is 12.8. The van der Waals surface area contributed by atoms with Crippen molar-refractivity contribution in [2.45, 2.75) is 46.7 Å². The number of amides is 3. The van der Waals surface area contributed by atoms with Crippen LogP contribution in [0.4, 0.5) is 11.4 Å². The van der Waals surface area contributed by atoms with Crippen molar-refractivity contribution in [2.24, 2.45) is 11.8 Å². The molecule has 0 aromatic heterocycles. The first-order valence-corrected chi connectivity index (χ1v) is 19.0. The number of carbonyl (C=O) groups is 3. The van der Waals surface area contributed by atoms with Gasteiger partial charge in [-0.1, -0.05) is 82.1 Å². The van der Waals surface area contributed by atoms with Crippen LogP contribution in [-0.2, 0) is 20.8 Å². The van der Waals surface area contributed by atoms with Crippen LogP contribution >= 0.6 is 39.3 Å². The van der Waals surface area contributed by atoms with Gasteiger partial charge in [0, 0.05) is 28.9 Å². The minimum Gasteiger partial charge on any atom is -0.494 e. The number of thioether (sulfide) groups is 1. The van der Waals surface area contributed by atoms with Gasteiger partial charge in [0.1, 0.15) is 11.8 Å². The van der Waals surface area contributed by atoms with E-state index in [2.05, 4.69) is 29.1 Å². The molecule has 1 spiro atoms. The van der Waals surface area contributed by atoms with Gasteiger partial charge in [-0.25, -0.2) is 0 Å². The Morgan fingerprint density at radius 3 is 2.34 bits per heavy atom. The van der Waals surface area contributed by atoms with Crippen molar-refractivity contribution in [1.82, 2.24) is 4.90 Å². The highest BCUT2D eigenvalue weighted by Gasteiger charge is 2.76. The maximum Gasteiger partial charge on any atom is 0.251 e. The van der Waals surface area contributed by atoms with Gasteiger partial charge in [0.2, 0.25) is 11.8 Å². The van der Waals surface area contributed by atoms with Crippen molar-refractivity contribution < 1.29 is 24.2 Å². The molecule has 3 heterocycles. The predicted octanol–water partition coefficient (Wildman–Crippen LogP) is 6.55. The molecule has 50 heavy (non-hydrogen) atoms. The van der Waals surface area contributed by atoms with Crippen molar-refractivity contribution in [1.29, 1.82) is 0 Å². The number of hydrogen-bond donors (Lipinski definition) is 1. The topological polar surface area (TPSA) is 90.4 Å². The zero-order chi connectivity index (χ0) is 35.6. The summed E-state index contributed by atoms with van der Waals surface area (Å²) in [6.07, 6.45) is 4.13. The third-order valence-electron chi connectivity index (χ3n) is 9.92. The molecule has 6 rings (SSSR count). The summed E-state index contributed by atoms with van der Waals surface area (Å²) in [7, 11) is 0. The number of benzene rings is 3. The molecule has 3 aromatic carbocycles. The SMILES string of the molecule is C=CCN(C(=O)[C@H]1[C@H]2C(=O)N([C@@H](CO)Cc3ccccc3)C(C(=O)N(CC=C)c3ccccc3Cl)C23CC(Br)[C@@H]1S3)c1ccc(OCC)cc1. The van der Waals surface area contributed by atoms with Crippen LogP contribution in [0, 0.1) is 11.8 Å². The molecule has 1 N–H and O–H groups in total. The Balaban J connectivity index is 1.46. The Bertz CT molecular complexity index is 1740. The van der Waals surface area contributed by atoms with E-state index in [0.29, 0.717) is 41.6 Å². The van der Waals surface area contributed by atoms with Crippen molar-refractivity contribution in [3.8, 4) is 5.75 Å². The highest BCUT2D eigenvalue weighted by molar-refractivity contribution is 9.09. The molecule has 3 unspecified atom stereocenters. The first kappa shape index (κ1) is 36.2. The number of nitrogens with zero attached hydrogens (tertiary/aromatic N) is 3.